The van der Waals surface area contributed by atoms with Gasteiger partial charge in [-0.05, 0) is 0 Å². The van der Waals surface area contributed by atoms with Crippen LogP contribution in [0, 0.1) is 0 Å². The van der Waals surface area contributed by atoms with Crippen LogP contribution in [0.25, 0.3) is 0 Å². The third kappa shape index (κ3) is 3.90. The Morgan fingerprint density at radius 2 is 1.67 bits per heavy atom. The van der Waals surface area contributed by atoms with Gasteiger partial charge in [-0.2, -0.15) is 0 Å². The van der Waals surface area contributed by atoms with Crippen LogP contribution in [-0.2, 0) is 6.42 Å². The molecule has 2 aromatic carbocycles. The van der Waals surface area contributed by atoms with E-state index in [1.165, 1.54) is 15.3 Å². The van der Waals surface area contributed by atoms with Gasteiger partial charge in [0.2, 0.25) is 0 Å². The molecule has 1 nitrogen and oxygen atoms in total. The van der Waals surface area contributed by atoms with Crippen molar-refractivity contribution in [3.05, 3.63) is 60.2 Å². The van der Waals surface area contributed by atoms with Crippen LogP contribution in [0.4, 0.5) is 0 Å². The van der Waals surface area contributed by atoms with Crippen molar-refractivity contribution in [2.24, 2.45) is 0 Å². The van der Waals surface area contributed by atoms with E-state index in [2.05, 4.69) is 48.5 Å². The van der Waals surface area contributed by atoms with E-state index in [4.69, 9.17) is 4.74 Å². The van der Waals surface area contributed by atoms with Crippen LogP contribution in [0.1, 0.15) is 12.5 Å². The van der Waals surface area contributed by atoms with E-state index < -0.39 is 0 Å². The van der Waals surface area contributed by atoms with Crippen LogP contribution < -0.4 is 9.20 Å². The predicted octanol–water partition coefficient (Wildman–Crippen LogP) is 3.08. The van der Waals surface area contributed by atoms with Crippen LogP contribution in [-0.4, -0.2) is 21.6 Å². The summed E-state index contributed by atoms with van der Waals surface area (Å²) in [4.78, 5) is 0. The Balaban J connectivity index is 1.90. The summed E-state index contributed by atoms with van der Waals surface area (Å²) in [6.07, 6.45) is 1.10. The van der Waals surface area contributed by atoms with Crippen molar-refractivity contribution >= 4 is 19.4 Å². The molecule has 0 saturated carbocycles. The summed E-state index contributed by atoms with van der Waals surface area (Å²) in [7, 11) is 0. The summed E-state index contributed by atoms with van der Waals surface area (Å²) in [6, 6.07) is 19.1. The standard InChI is InChI=1S/C16H18OSe/c1-2-17-16-11-7-6-8-14(16)12-13-18-15-9-4-3-5-10-15/h3-11H,2,12-13H2,1H3. The Morgan fingerprint density at radius 3 is 2.44 bits per heavy atom. The second-order valence-corrected chi connectivity index (χ2v) is 6.40. The Hall–Kier alpha value is -1.24. The molecular weight excluding hydrogens is 287 g/mol. The summed E-state index contributed by atoms with van der Waals surface area (Å²) < 4.78 is 7.12. The number of hydrogen-bond donors (Lipinski definition) is 0. The average molecular weight is 305 g/mol. The first-order valence-electron chi connectivity index (χ1n) is 6.28. The maximum absolute atomic E-state index is 5.65. The summed E-state index contributed by atoms with van der Waals surface area (Å²) in [5.74, 6) is 1.05. The number of hydrogen-bond acceptors (Lipinski definition) is 1. The number of benzene rings is 2. The minimum absolute atomic E-state index is 0.556. The van der Waals surface area contributed by atoms with Crippen LogP contribution in [0.2, 0.25) is 5.32 Å². The van der Waals surface area contributed by atoms with Gasteiger partial charge < -0.3 is 0 Å². The van der Waals surface area contributed by atoms with E-state index >= 15 is 0 Å². The van der Waals surface area contributed by atoms with Gasteiger partial charge in [-0.3, -0.25) is 0 Å². The molecule has 0 aliphatic carbocycles. The van der Waals surface area contributed by atoms with E-state index in [0.29, 0.717) is 15.0 Å². The van der Waals surface area contributed by atoms with Gasteiger partial charge in [0.25, 0.3) is 0 Å². The van der Waals surface area contributed by atoms with Crippen molar-refractivity contribution in [1.82, 2.24) is 0 Å². The zero-order chi connectivity index (χ0) is 12.6. The van der Waals surface area contributed by atoms with Crippen LogP contribution in [0.5, 0.6) is 5.75 Å². The Kier molecular flexibility index (Phi) is 5.32. The molecule has 2 rings (SSSR count). The van der Waals surface area contributed by atoms with Crippen molar-refractivity contribution in [3.63, 3.8) is 0 Å². The third-order valence-electron chi connectivity index (χ3n) is 2.66. The fourth-order valence-electron chi connectivity index (χ4n) is 1.80. The van der Waals surface area contributed by atoms with Gasteiger partial charge in [0, 0.05) is 0 Å². The van der Waals surface area contributed by atoms with Gasteiger partial charge >= 0.3 is 115 Å². The molecule has 0 heterocycles. The zero-order valence-electron chi connectivity index (χ0n) is 10.6. The Morgan fingerprint density at radius 1 is 0.944 bits per heavy atom. The van der Waals surface area contributed by atoms with Crippen LogP contribution in [0.15, 0.2) is 54.6 Å². The average Bonchev–Trinajstić information content (AvgIpc) is 2.42. The molecular formula is C16H18OSe. The van der Waals surface area contributed by atoms with Crippen molar-refractivity contribution < 1.29 is 4.74 Å². The molecule has 0 aliphatic rings. The predicted molar refractivity (Wildman–Crippen MR) is 78.0 cm³/mol. The monoisotopic (exact) mass is 306 g/mol. The molecule has 0 fully saturated rings. The van der Waals surface area contributed by atoms with Gasteiger partial charge in [-0.25, -0.2) is 0 Å². The topological polar surface area (TPSA) is 9.23 Å². The van der Waals surface area contributed by atoms with Gasteiger partial charge in [0.05, 0.1) is 0 Å². The summed E-state index contributed by atoms with van der Waals surface area (Å²) in [6.45, 7) is 2.77. The van der Waals surface area contributed by atoms with E-state index in [-0.39, 0.29) is 0 Å². The van der Waals surface area contributed by atoms with Gasteiger partial charge in [0.15, 0.2) is 0 Å². The summed E-state index contributed by atoms with van der Waals surface area (Å²) in [5.41, 5.74) is 1.33. The molecule has 0 amide bonds. The molecule has 0 radical (unpaired) electrons. The zero-order valence-corrected chi connectivity index (χ0v) is 12.3. The molecule has 0 N–H and O–H groups in total. The third-order valence-corrected chi connectivity index (χ3v) is 4.78. The summed E-state index contributed by atoms with van der Waals surface area (Å²) >= 11 is 0.556. The molecule has 0 saturated heterocycles. The number of ether oxygens (including phenoxy) is 1. The van der Waals surface area contributed by atoms with Crippen molar-refractivity contribution in [2.75, 3.05) is 6.61 Å². The Bertz CT molecular complexity index is 468. The van der Waals surface area contributed by atoms with Crippen molar-refractivity contribution in [1.29, 1.82) is 0 Å². The molecule has 2 heteroatoms. The van der Waals surface area contributed by atoms with Gasteiger partial charge in [-0.1, -0.05) is 0 Å². The SMILES string of the molecule is CCOc1ccccc1CC[Se]c1ccccc1. The molecule has 0 unspecified atom stereocenters. The first-order valence-corrected chi connectivity index (χ1v) is 8.35. The molecule has 2 aromatic rings. The fraction of sp³-hybridized carbons (Fsp3) is 0.250. The molecule has 0 aliphatic heterocycles. The van der Waals surface area contributed by atoms with Gasteiger partial charge in [-0.15, -0.1) is 0 Å². The quantitative estimate of drug-likeness (QED) is 0.745. The number of aryl methyl sites for hydroxylation is 1. The van der Waals surface area contributed by atoms with Crippen molar-refractivity contribution in [2.45, 2.75) is 18.7 Å². The maximum atomic E-state index is 5.65. The number of rotatable bonds is 6. The molecule has 18 heavy (non-hydrogen) atoms. The first kappa shape index (κ1) is 13.2. The fourth-order valence-corrected chi connectivity index (χ4v) is 3.71. The molecule has 0 bridgehead atoms. The van der Waals surface area contributed by atoms with E-state index in [1.807, 2.05) is 13.0 Å². The molecule has 94 valence electrons. The van der Waals surface area contributed by atoms with Crippen LogP contribution >= 0.6 is 0 Å². The van der Waals surface area contributed by atoms with Gasteiger partial charge in [0.1, 0.15) is 0 Å². The Labute approximate surface area is 115 Å². The first-order chi connectivity index (χ1) is 8.90. The normalized spacial score (nSPS) is 10.3. The second-order valence-electron chi connectivity index (χ2n) is 3.95. The molecule has 0 atom stereocenters. The minimum atomic E-state index is 0.556. The second kappa shape index (κ2) is 7.25. The van der Waals surface area contributed by atoms with E-state index in [1.54, 1.807) is 0 Å². The van der Waals surface area contributed by atoms with E-state index in [0.717, 1.165) is 18.8 Å². The summed E-state index contributed by atoms with van der Waals surface area (Å²) in [5, 5.41) is 1.22. The number of para-hydroxylation sites is 1. The van der Waals surface area contributed by atoms with Crippen molar-refractivity contribution in [3.8, 4) is 5.75 Å². The molecule has 0 aromatic heterocycles. The van der Waals surface area contributed by atoms with E-state index in [9.17, 15) is 0 Å². The van der Waals surface area contributed by atoms with Crippen LogP contribution in [0.3, 0.4) is 0 Å². The molecule has 0 spiro atoms.